The van der Waals surface area contributed by atoms with Crippen molar-refractivity contribution in [2.45, 2.75) is 18.8 Å². The molecule has 0 unspecified atom stereocenters. The number of aromatic nitrogens is 2. The molecule has 3 rings (SSSR count). The number of hydrogen-bond acceptors (Lipinski definition) is 4. The summed E-state index contributed by atoms with van der Waals surface area (Å²) in [6, 6.07) is 7.81. The fourth-order valence-electron chi connectivity index (χ4n) is 2.84. The van der Waals surface area contributed by atoms with Gasteiger partial charge in [-0.1, -0.05) is 6.07 Å². The van der Waals surface area contributed by atoms with Crippen LogP contribution in [0.1, 0.15) is 34.8 Å². The average Bonchev–Trinajstić information content (AvgIpc) is 3.09. The lowest BCUT2D eigenvalue weighted by molar-refractivity contribution is -0.384. The second-order valence-electron chi connectivity index (χ2n) is 5.41. The van der Waals surface area contributed by atoms with Gasteiger partial charge >= 0.3 is 0 Å². The van der Waals surface area contributed by atoms with Gasteiger partial charge in [-0.15, -0.1) is 0 Å². The summed E-state index contributed by atoms with van der Waals surface area (Å²) in [5, 5.41) is 17.7. The van der Waals surface area contributed by atoms with Crippen molar-refractivity contribution in [3.8, 4) is 0 Å². The van der Waals surface area contributed by atoms with E-state index in [1.54, 1.807) is 23.2 Å². The number of nitro groups is 1. The number of nitrogens with one attached hydrogen (secondary N) is 1. The van der Waals surface area contributed by atoms with Crippen LogP contribution in [-0.4, -0.2) is 39.0 Å². The van der Waals surface area contributed by atoms with Crippen molar-refractivity contribution >= 4 is 11.6 Å². The Bertz CT molecular complexity index is 684. The Morgan fingerprint density at radius 3 is 3.00 bits per heavy atom. The highest BCUT2D eigenvalue weighted by molar-refractivity contribution is 5.95. The fourth-order valence-corrected chi connectivity index (χ4v) is 2.84. The Hall–Kier alpha value is -2.70. The van der Waals surface area contributed by atoms with Gasteiger partial charge in [0.1, 0.15) is 0 Å². The van der Waals surface area contributed by atoms with Crippen molar-refractivity contribution in [1.82, 2.24) is 15.1 Å². The quantitative estimate of drug-likeness (QED) is 0.695. The van der Waals surface area contributed by atoms with E-state index < -0.39 is 4.92 Å². The van der Waals surface area contributed by atoms with Gasteiger partial charge in [0.25, 0.3) is 11.6 Å². The van der Waals surface area contributed by atoms with Crippen LogP contribution in [-0.2, 0) is 0 Å². The van der Waals surface area contributed by atoms with E-state index >= 15 is 0 Å². The smallest absolute Gasteiger partial charge is 0.270 e. The van der Waals surface area contributed by atoms with E-state index in [-0.39, 0.29) is 17.5 Å². The maximum Gasteiger partial charge on any atom is 0.270 e. The maximum absolute atomic E-state index is 12.6. The first-order valence-corrected chi connectivity index (χ1v) is 7.18. The van der Waals surface area contributed by atoms with Gasteiger partial charge in [-0.25, -0.2) is 0 Å². The molecule has 1 atom stereocenters. The predicted molar refractivity (Wildman–Crippen MR) is 79.6 cm³/mol. The van der Waals surface area contributed by atoms with Crippen LogP contribution in [0.25, 0.3) is 0 Å². The zero-order valence-corrected chi connectivity index (χ0v) is 11.9. The molecule has 1 aromatic carbocycles. The highest BCUT2D eigenvalue weighted by Crippen LogP contribution is 2.26. The molecule has 0 spiro atoms. The SMILES string of the molecule is O=C(c1cccc([N+](=O)[O-])c1)N1CCC[C@@H](c2ccn[nH]2)C1. The third-order valence-corrected chi connectivity index (χ3v) is 3.97. The molecule has 0 bridgehead atoms. The third-order valence-electron chi connectivity index (χ3n) is 3.97. The molecule has 2 aromatic rings. The molecule has 1 aromatic heterocycles. The van der Waals surface area contributed by atoms with Gasteiger partial charge in [0.15, 0.2) is 0 Å². The summed E-state index contributed by atoms with van der Waals surface area (Å²) in [7, 11) is 0. The summed E-state index contributed by atoms with van der Waals surface area (Å²) in [6.07, 6.45) is 3.61. The van der Waals surface area contributed by atoms with Crippen molar-refractivity contribution in [1.29, 1.82) is 0 Å². The van der Waals surface area contributed by atoms with Crippen LogP contribution in [0.2, 0.25) is 0 Å². The van der Waals surface area contributed by atoms with Crippen LogP contribution in [0, 0.1) is 10.1 Å². The molecule has 0 radical (unpaired) electrons. The van der Waals surface area contributed by atoms with Crippen LogP contribution < -0.4 is 0 Å². The molecule has 1 aliphatic rings. The van der Waals surface area contributed by atoms with E-state index in [4.69, 9.17) is 0 Å². The zero-order chi connectivity index (χ0) is 15.5. The van der Waals surface area contributed by atoms with Crippen LogP contribution in [0.4, 0.5) is 5.69 Å². The molecule has 7 nitrogen and oxygen atoms in total. The lowest BCUT2D eigenvalue weighted by Gasteiger charge is -2.32. The number of H-pyrrole nitrogens is 1. The van der Waals surface area contributed by atoms with E-state index in [0.717, 1.165) is 18.5 Å². The average molecular weight is 300 g/mol. The first kappa shape index (κ1) is 14.2. The van der Waals surface area contributed by atoms with Crippen LogP contribution in [0.3, 0.4) is 0 Å². The second-order valence-corrected chi connectivity index (χ2v) is 5.41. The van der Waals surface area contributed by atoms with Crippen molar-refractivity contribution in [3.63, 3.8) is 0 Å². The van der Waals surface area contributed by atoms with E-state index in [1.165, 1.54) is 12.1 Å². The number of likely N-dealkylation sites (tertiary alicyclic amines) is 1. The standard InChI is InChI=1S/C15H16N4O3/c20-15(11-3-1-5-13(9-11)19(21)22)18-8-2-4-12(10-18)14-6-7-16-17-14/h1,3,5-7,9,12H,2,4,8,10H2,(H,16,17)/t12-/m1/s1. The summed E-state index contributed by atoms with van der Waals surface area (Å²) >= 11 is 0. The number of benzene rings is 1. The van der Waals surface area contributed by atoms with Gasteiger partial charge in [0, 0.05) is 48.6 Å². The topological polar surface area (TPSA) is 92.1 Å². The highest BCUT2D eigenvalue weighted by atomic mass is 16.6. The Morgan fingerprint density at radius 2 is 2.27 bits per heavy atom. The van der Waals surface area contributed by atoms with Gasteiger partial charge in [-0.3, -0.25) is 20.0 Å². The monoisotopic (exact) mass is 300 g/mol. The zero-order valence-electron chi connectivity index (χ0n) is 11.9. The maximum atomic E-state index is 12.6. The van der Waals surface area contributed by atoms with Gasteiger partial charge in [-0.05, 0) is 25.0 Å². The Morgan fingerprint density at radius 1 is 1.41 bits per heavy atom. The molecular weight excluding hydrogens is 284 g/mol. The fraction of sp³-hybridized carbons (Fsp3) is 0.333. The van der Waals surface area contributed by atoms with Crippen molar-refractivity contribution in [2.24, 2.45) is 0 Å². The Kier molecular flexibility index (Phi) is 3.86. The van der Waals surface area contributed by atoms with Crippen molar-refractivity contribution in [2.75, 3.05) is 13.1 Å². The minimum absolute atomic E-state index is 0.0621. The Labute approximate surface area is 127 Å². The lowest BCUT2D eigenvalue weighted by atomic mass is 9.94. The van der Waals surface area contributed by atoms with Crippen molar-refractivity contribution in [3.05, 3.63) is 57.9 Å². The number of hydrogen-bond donors (Lipinski definition) is 1. The van der Waals surface area contributed by atoms with Crippen LogP contribution in [0.5, 0.6) is 0 Å². The predicted octanol–water partition coefficient (Wildman–Crippen LogP) is 2.34. The molecular formula is C15H16N4O3. The molecule has 22 heavy (non-hydrogen) atoms. The lowest BCUT2D eigenvalue weighted by Crippen LogP contribution is -2.39. The van der Waals surface area contributed by atoms with Gasteiger partial charge < -0.3 is 4.90 Å². The minimum atomic E-state index is -0.486. The van der Waals surface area contributed by atoms with Crippen LogP contribution in [0.15, 0.2) is 36.5 Å². The first-order valence-electron chi connectivity index (χ1n) is 7.18. The van der Waals surface area contributed by atoms with Gasteiger partial charge in [0.2, 0.25) is 0 Å². The number of non-ortho nitro benzene ring substituents is 1. The molecule has 2 heterocycles. The summed E-state index contributed by atoms with van der Waals surface area (Å²) in [5.74, 6) is 0.0758. The molecule has 1 fully saturated rings. The van der Waals surface area contributed by atoms with E-state index in [0.29, 0.717) is 18.7 Å². The number of amides is 1. The number of piperidine rings is 1. The summed E-state index contributed by atoms with van der Waals surface area (Å²) in [4.78, 5) is 24.7. The minimum Gasteiger partial charge on any atom is -0.338 e. The molecule has 1 N–H and O–H groups in total. The van der Waals surface area contributed by atoms with Gasteiger partial charge in [-0.2, -0.15) is 5.10 Å². The third kappa shape index (κ3) is 2.83. The van der Waals surface area contributed by atoms with E-state index in [1.807, 2.05) is 6.07 Å². The number of rotatable bonds is 3. The van der Waals surface area contributed by atoms with Crippen LogP contribution >= 0.6 is 0 Å². The largest absolute Gasteiger partial charge is 0.338 e. The summed E-state index contributed by atoms with van der Waals surface area (Å²) < 4.78 is 0. The molecule has 0 aliphatic carbocycles. The molecule has 114 valence electrons. The molecule has 1 amide bonds. The molecule has 1 aliphatic heterocycles. The van der Waals surface area contributed by atoms with Crippen molar-refractivity contribution < 1.29 is 9.72 Å². The number of nitrogens with zero attached hydrogens (tertiary/aromatic N) is 3. The number of aromatic amines is 1. The van der Waals surface area contributed by atoms with Gasteiger partial charge in [0.05, 0.1) is 4.92 Å². The first-order chi connectivity index (χ1) is 10.6. The molecule has 7 heteroatoms. The number of carbonyl (C=O) groups excluding carboxylic acids is 1. The Balaban J connectivity index is 1.77. The number of carbonyl (C=O) groups is 1. The summed E-state index contributed by atoms with van der Waals surface area (Å²) in [5.41, 5.74) is 1.32. The highest BCUT2D eigenvalue weighted by Gasteiger charge is 2.26. The normalized spacial score (nSPS) is 18.2. The summed E-state index contributed by atoms with van der Waals surface area (Å²) in [6.45, 7) is 1.27. The molecule has 0 saturated carbocycles. The van der Waals surface area contributed by atoms with E-state index in [2.05, 4.69) is 10.2 Å². The second kappa shape index (κ2) is 5.97. The van der Waals surface area contributed by atoms with E-state index in [9.17, 15) is 14.9 Å². The molecule has 1 saturated heterocycles. The number of nitro benzene ring substituents is 1.